The first-order chi connectivity index (χ1) is 15.8. The van der Waals surface area contributed by atoms with Crippen molar-refractivity contribution < 1.29 is 13.2 Å². The highest BCUT2D eigenvalue weighted by Gasteiger charge is 2.33. The van der Waals surface area contributed by atoms with Crippen molar-refractivity contribution in [2.24, 2.45) is 5.92 Å². The molecule has 1 atom stereocenters. The summed E-state index contributed by atoms with van der Waals surface area (Å²) in [6.07, 6.45) is 3.34. The summed E-state index contributed by atoms with van der Waals surface area (Å²) in [5, 5.41) is 6.15. The number of carbonyl (C=O) groups is 1. The molecule has 33 heavy (non-hydrogen) atoms. The van der Waals surface area contributed by atoms with E-state index in [4.69, 9.17) is 23.2 Å². The highest BCUT2D eigenvalue weighted by Crippen LogP contribution is 2.35. The molecular weight excluding hydrogens is 479 g/mol. The molecule has 0 radical (unpaired) electrons. The van der Waals surface area contributed by atoms with E-state index < -0.39 is 15.9 Å². The van der Waals surface area contributed by atoms with E-state index >= 15 is 0 Å². The van der Waals surface area contributed by atoms with Crippen LogP contribution in [-0.4, -0.2) is 31.7 Å². The zero-order chi connectivity index (χ0) is 23.2. The van der Waals surface area contributed by atoms with Crippen molar-refractivity contribution in [3.8, 4) is 0 Å². The molecule has 1 saturated heterocycles. The number of carbonyl (C=O) groups excluding carboxylic acids is 1. The molecular formula is C25H24Cl2N2O3S. The van der Waals surface area contributed by atoms with E-state index in [1.807, 2.05) is 18.2 Å². The van der Waals surface area contributed by atoms with Gasteiger partial charge in [-0.25, -0.2) is 12.7 Å². The molecule has 5 nitrogen and oxygen atoms in total. The fraction of sp³-hybridized carbons (Fsp3) is 0.320. The number of amides is 1. The molecule has 0 saturated carbocycles. The summed E-state index contributed by atoms with van der Waals surface area (Å²) in [4.78, 5) is 13.2. The maximum atomic E-state index is 13.2. The van der Waals surface area contributed by atoms with Crippen LogP contribution in [0.15, 0.2) is 48.5 Å². The first kappa shape index (κ1) is 22.7. The van der Waals surface area contributed by atoms with Crippen LogP contribution in [-0.2, 0) is 33.4 Å². The van der Waals surface area contributed by atoms with E-state index in [2.05, 4.69) is 17.4 Å². The Morgan fingerprint density at radius 2 is 1.85 bits per heavy atom. The lowest BCUT2D eigenvalue weighted by molar-refractivity contribution is -0.120. The van der Waals surface area contributed by atoms with Gasteiger partial charge >= 0.3 is 0 Å². The number of nitrogens with zero attached hydrogens (tertiary/aromatic N) is 1. The lowest BCUT2D eigenvalue weighted by Gasteiger charge is -2.31. The average molecular weight is 503 g/mol. The van der Waals surface area contributed by atoms with E-state index in [1.54, 1.807) is 18.2 Å². The van der Waals surface area contributed by atoms with Gasteiger partial charge < -0.3 is 5.32 Å². The fourth-order valence-corrected chi connectivity index (χ4v) is 7.12. The number of nitrogens with one attached hydrogen (secondary N) is 1. The summed E-state index contributed by atoms with van der Waals surface area (Å²) in [5.74, 6) is -0.762. The third kappa shape index (κ3) is 4.50. The number of aryl methyl sites for hydroxylation is 2. The van der Waals surface area contributed by atoms with Crippen LogP contribution in [0.3, 0.4) is 0 Å². The Kier molecular flexibility index (Phi) is 6.12. The third-order valence-corrected chi connectivity index (χ3v) is 9.02. The van der Waals surface area contributed by atoms with Crippen LogP contribution in [0.25, 0.3) is 10.8 Å². The monoisotopic (exact) mass is 502 g/mol. The second-order valence-electron chi connectivity index (χ2n) is 8.79. The summed E-state index contributed by atoms with van der Waals surface area (Å²) >= 11 is 12.1. The smallest absolute Gasteiger partial charge is 0.228 e. The van der Waals surface area contributed by atoms with Crippen LogP contribution in [0.5, 0.6) is 0 Å². The van der Waals surface area contributed by atoms with E-state index in [0.717, 1.165) is 23.9 Å². The quantitative estimate of drug-likeness (QED) is 0.505. The van der Waals surface area contributed by atoms with Gasteiger partial charge in [0.15, 0.2) is 0 Å². The molecule has 5 rings (SSSR count). The number of sulfonamides is 1. The number of benzene rings is 3. The van der Waals surface area contributed by atoms with Crippen molar-refractivity contribution in [1.82, 2.24) is 4.31 Å². The van der Waals surface area contributed by atoms with Crippen molar-refractivity contribution in [2.75, 3.05) is 18.4 Å². The Bertz CT molecular complexity index is 1350. The molecule has 8 heteroatoms. The number of halogens is 2. The first-order valence-corrected chi connectivity index (χ1v) is 13.4. The number of piperidine rings is 1. The van der Waals surface area contributed by atoms with Gasteiger partial charge in [-0.05, 0) is 66.0 Å². The number of hydrogen-bond acceptors (Lipinski definition) is 3. The van der Waals surface area contributed by atoms with Crippen molar-refractivity contribution in [1.29, 1.82) is 0 Å². The lowest BCUT2D eigenvalue weighted by Crippen LogP contribution is -2.44. The van der Waals surface area contributed by atoms with Crippen LogP contribution in [0.2, 0.25) is 10.0 Å². The largest absolute Gasteiger partial charge is 0.325 e. The first-order valence-electron chi connectivity index (χ1n) is 11.1. The Labute approximate surface area is 203 Å². The van der Waals surface area contributed by atoms with Gasteiger partial charge in [-0.15, -0.1) is 0 Å². The van der Waals surface area contributed by atoms with Crippen molar-refractivity contribution >= 4 is 55.6 Å². The highest BCUT2D eigenvalue weighted by molar-refractivity contribution is 7.88. The van der Waals surface area contributed by atoms with Gasteiger partial charge in [0.1, 0.15) is 0 Å². The van der Waals surface area contributed by atoms with Gasteiger partial charge in [0.2, 0.25) is 15.9 Å². The standard InChI is InChI=1S/C25H24Cl2N2O3S/c26-20-10-8-19(22(27)13-20)15-33(31,32)29-12-2-4-18(14-29)25(30)28-23-11-9-17-7-6-16-3-1-5-21(23)24(16)17/h1,3,5,8-11,13,18H,2,4,6-7,12,14-15H2,(H,28,30)/t18-/m0/s1. The molecule has 1 heterocycles. The SMILES string of the molecule is O=C(Nc1ccc2c3c(cccc13)CC2)[C@H]1CCCN(S(=O)(=O)Cc2ccc(Cl)cc2Cl)C1. The Morgan fingerprint density at radius 3 is 2.64 bits per heavy atom. The summed E-state index contributed by atoms with van der Waals surface area (Å²) < 4.78 is 27.6. The second kappa shape index (κ2) is 8.91. The average Bonchev–Trinajstić information content (AvgIpc) is 3.22. The van der Waals surface area contributed by atoms with Gasteiger partial charge in [0, 0.05) is 34.2 Å². The number of rotatable bonds is 5. The molecule has 0 spiro atoms. The summed E-state index contributed by atoms with van der Waals surface area (Å²) in [6.45, 7) is 0.568. The highest BCUT2D eigenvalue weighted by atomic mass is 35.5. The van der Waals surface area contributed by atoms with Crippen LogP contribution in [0.4, 0.5) is 5.69 Å². The Balaban J connectivity index is 1.32. The summed E-state index contributed by atoms with van der Waals surface area (Å²) in [7, 11) is -3.62. The minimum atomic E-state index is -3.62. The molecule has 3 aromatic carbocycles. The maximum absolute atomic E-state index is 13.2. The molecule has 172 valence electrons. The number of hydrogen-bond donors (Lipinski definition) is 1. The van der Waals surface area contributed by atoms with Crippen LogP contribution < -0.4 is 5.32 Å². The molecule has 1 N–H and O–H groups in total. The van der Waals surface area contributed by atoms with Gasteiger partial charge in [0.25, 0.3) is 0 Å². The molecule has 1 aliphatic heterocycles. The topological polar surface area (TPSA) is 66.5 Å². The number of anilines is 1. The lowest BCUT2D eigenvalue weighted by atomic mass is 9.98. The Morgan fingerprint density at radius 1 is 1.06 bits per heavy atom. The predicted octanol–water partition coefficient (Wildman–Crippen LogP) is 5.43. The predicted molar refractivity (Wildman–Crippen MR) is 133 cm³/mol. The van der Waals surface area contributed by atoms with Gasteiger partial charge in [-0.2, -0.15) is 0 Å². The third-order valence-electron chi connectivity index (χ3n) is 6.64. The second-order valence-corrected chi connectivity index (χ2v) is 11.6. The van der Waals surface area contributed by atoms with Crippen molar-refractivity contribution in [2.45, 2.75) is 31.4 Å². The zero-order valence-electron chi connectivity index (χ0n) is 18.0. The normalized spacial score (nSPS) is 18.5. The minimum absolute atomic E-state index is 0.141. The molecule has 0 aromatic heterocycles. The Hall–Kier alpha value is -2.12. The fourth-order valence-electron chi connectivity index (χ4n) is 4.93. The molecule has 3 aromatic rings. The van der Waals surface area contributed by atoms with Gasteiger partial charge in [-0.3, -0.25) is 4.79 Å². The van der Waals surface area contributed by atoms with E-state index in [0.29, 0.717) is 35.0 Å². The summed E-state index contributed by atoms with van der Waals surface area (Å²) in [6, 6.07) is 15.1. The maximum Gasteiger partial charge on any atom is 0.228 e. The molecule has 0 bridgehead atoms. The minimum Gasteiger partial charge on any atom is -0.325 e. The van der Waals surface area contributed by atoms with Gasteiger partial charge in [-0.1, -0.05) is 53.5 Å². The molecule has 1 amide bonds. The van der Waals surface area contributed by atoms with Crippen LogP contribution in [0.1, 0.15) is 29.5 Å². The molecule has 2 aliphatic rings. The van der Waals surface area contributed by atoms with Crippen molar-refractivity contribution in [3.05, 3.63) is 75.3 Å². The van der Waals surface area contributed by atoms with Gasteiger partial charge in [0.05, 0.1) is 11.7 Å². The van der Waals surface area contributed by atoms with Crippen molar-refractivity contribution in [3.63, 3.8) is 0 Å². The van der Waals surface area contributed by atoms with E-state index in [-0.39, 0.29) is 18.2 Å². The van der Waals surface area contributed by atoms with E-state index in [9.17, 15) is 13.2 Å². The zero-order valence-corrected chi connectivity index (χ0v) is 20.3. The molecule has 0 unspecified atom stereocenters. The summed E-state index contributed by atoms with van der Waals surface area (Å²) in [5.41, 5.74) is 3.92. The van der Waals surface area contributed by atoms with E-state index in [1.165, 1.54) is 20.8 Å². The van der Waals surface area contributed by atoms with Crippen LogP contribution >= 0.6 is 23.2 Å². The molecule has 1 fully saturated rings. The molecule has 1 aliphatic carbocycles. The van der Waals surface area contributed by atoms with Crippen LogP contribution in [0, 0.1) is 5.92 Å².